The Morgan fingerprint density at radius 3 is 3.00 bits per heavy atom. The first-order chi connectivity index (χ1) is 9.20. The largest absolute Gasteiger partial charge is 0.396 e. The molecule has 1 aromatic carbocycles. The van der Waals surface area contributed by atoms with Crippen LogP contribution in [0.15, 0.2) is 12.1 Å². The van der Waals surface area contributed by atoms with E-state index in [4.69, 9.17) is 16.7 Å². The number of likely N-dealkylation sites (N-methyl/N-ethyl adjacent to an activating group) is 1. The van der Waals surface area contributed by atoms with Crippen LogP contribution in [0.2, 0.25) is 5.02 Å². The van der Waals surface area contributed by atoms with Crippen LogP contribution in [0, 0.1) is 0 Å². The van der Waals surface area contributed by atoms with Crippen molar-refractivity contribution in [3.8, 4) is 0 Å². The summed E-state index contributed by atoms with van der Waals surface area (Å²) in [4.78, 5) is 3.78. The molecule has 0 unspecified atom stereocenters. The minimum Gasteiger partial charge on any atom is -0.396 e. The van der Waals surface area contributed by atoms with Crippen LogP contribution >= 0.6 is 22.9 Å². The Morgan fingerprint density at radius 1 is 1.37 bits per heavy atom. The molecule has 0 bridgehead atoms. The third-order valence-electron chi connectivity index (χ3n) is 3.82. The van der Waals surface area contributed by atoms with Gasteiger partial charge in [0.25, 0.3) is 0 Å². The second-order valence-electron chi connectivity index (χ2n) is 5.22. The molecule has 2 heterocycles. The maximum Gasteiger partial charge on any atom is 0.0445 e. The van der Waals surface area contributed by atoms with E-state index in [0.29, 0.717) is 0 Å². The third-order valence-corrected chi connectivity index (χ3v) is 5.43. The van der Waals surface area contributed by atoms with E-state index in [1.165, 1.54) is 26.1 Å². The lowest BCUT2D eigenvalue weighted by Crippen LogP contribution is -2.19. The lowest BCUT2D eigenvalue weighted by Gasteiger charge is -2.13. The van der Waals surface area contributed by atoms with Crippen molar-refractivity contribution in [2.75, 3.05) is 20.2 Å². The van der Waals surface area contributed by atoms with Gasteiger partial charge in [0, 0.05) is 39.7 Å². The van der Waals surface area contributed by atoms with Crippen LogP contribution in [0.4, 0.5) is 0 Å². The summed E-state index contributed by atoms with van der Waals surface area (Å²) in [5, 5.41) is 11.3. The second kappa shape index (κ2) is 5.41. The lowest BCUT2D eigenvalue weighted by molar-refractivity contribution is 0.288. The van der Waals surface area contributed by atoms with Crippen LogP contribution in [0.5, 0.6) is 0 Å². The molecule has 0 atom stereocenters. The fourth-order valence-corrected chi connectivity index (χ4v) is 4.39. The molecule has 0 spiro atoms. The first-order valence-corrected chi connectivity index (χ1v) is 7.91. The zero-order chi connectivity index (χ0) is 13.4. The van der Waals surface area contributed by atoms with Crippen molar-refractivity contribution in [3.05, 3.63) is 33.2 Å². The number of benzene rings is 1. The summed E-state index contributed by atoms with van der Waals surface area (Å²) in [5.74, 6) is 0. The van der Waals surface area contributed by atoms with Crippen molar-refractivity contribution in [1.82, 2.24) is 4.90 Å². The van der Waals surface area contributed by atoms with Gasteiger partial charge in [-0.3, -0.25) is 0 Å². The van der Waals surface area contributed by atoms with Crippen LogP contribution in [0.1, 0.15) is 22.4 Å². The molecule has 4 heteroatoms. The predicted octanol–water partition coefficient (Wildman–Crippen LogP) is 3.47. The van der Waals surface area contributed by atoms with Gasteiger partial charge in [0.1, 0.15) is 0 Å². The van der Waals surface area contributed by atoms with Gasteiger partial charge >= 0.3 is 0 Å². The van der Waals surface area contributed by atoms with E-state index in [2.05, 4.69) is 18.0 Å². The van der Waals surface area contributed by atoms with Crippen molar-refractivity contribution >= 4 is 33.0 Å². The molecule has 1 aliphatic heterocycles. The van der Waals surface area contributed by atoms with Crippen LogP contribution in [-0.2, 0) is 19.4 Å². The van der Waals surface area contributed by atoms with E-state index < -0.39 is 0 Å². The van der Waals surface area contributed by atoms with Crippen molar-refractivity contribution in [3.63, 3.8) is 0 Å². The lowest BCUT2D eigenvalue weighted by atomic mass is 10.0. The molecule has 0 saturated heterocycles. The molecule has 2 aromatic rings. The Kier molecular flexibility index (Phi) is 3.81. The van der Waals surface area contributed by atoms with E-state index in [1.54, 1.807) is 0 Å². The first kappa shape index (κ1) is 13.4. The standard InChI is InChI=1S/C15H18ClNOS/c1-17-7-6-10-12(16)4-5-14-15(10)11(9-17)13(19-14)3-2-8-18/h4-5,18H,2-3,6-9H2,1H3. The van der Waals surface area contributed by atoms with Gasteiger partial charge in [0.2, 0.25) is 0 Å². The van der Waals surface area contributed by atoms with Gasteiger partial charge in [-0.15, -0.1) is 11.3 Å². The van der Waals surface area contributed by atoms with Gasteiger partial charge in [0.05, 0.1) is 0 Å². The zero-order valence-electron chi connectivity index (χ0n) is 11.1. The summed E-state index contributed by atoms with van der Waals surface area (Å²) in [6.45, 7) is 2.31. The van der Waals surface area contributed by atoms with Gasteiger partial charge in [-0.1, -0.05) is 11.6 Å². The maximum atomic E-state index is 9.06. The monoisotopic (exact) mass is 295 g/mol. The molecule has 102 valence electrons. The summed E-state index contributed by atoms with van der Waals surface area (Å²) < 4.78 is 1.35. The van der Waals surface area contributed by atoms with E-state index in [0.717, 1.165) is 37.4 Å². The predicted molar refractivity (Wildman–Crippen MR) is 82.3 cm³/mol. The number of hydrogen-bond donors (Lipinski definition) is 1. The molecular formula is C15H18ClNOS. The summed E-state index contributed by atoms with van der Waals surface area (Å²) in [7, 11) is 2.17. The van der Waals surface area contributed by atoms with E-state index in [9.17, 15) is 0 Å². The minimum absolute atomic E-state index is 0.261. The number of rotatable bonds is 3. The number of hydrogen-bond acceptors (Lipinski definition) is 3. The molecule has 19 heavy (non-hydrogen) atoms. The molecule has 2 nitrogen and oxygen atoms in total. The Hall–Kier alpha value is -0.610. The van der Waals surface area contributed by atoms with Crippen molar-refractivity contribution in [2.45, 2.75) is 25.8 Å². The van der Waals surface area contributed by atoms with Crippen LogP contribution < -0.4 is 0 Å². The zero-order valence-corrected chi connectivity index (χ0v) is 12.7. The van der Waals surface area contributed by atoms with Gasteiger partial charge in [-0.25, -0.2) is 0 Å². The molecule has 0 amide bonds. The summed E-state index contributed by atoms with van der Waals surface area (Å²) in [6, 6.07) is 4.17. The van der Waals surface area contributed by atoms with Crippen LogP contribution in [-0.4, -0.2) is 30.2 Å². The molecular weight excluding hydrogens is 278 g/mol. The topological polar surface area (TPSA) is 23.5 Å². The van der Waals surface area contributed by atoms with Crippen LogP contribution in [0.3, 0.4) is 0 Å². The van der Waals surface area contributed by atoms with E-state index >= 15 is 0 Å². The highest BCUT2D eigenvalue weighted by atomic mass is 35.5. The maximum absolute atomic E-state index is 9.06. The Morgan fingerprint density at radius 2 is 2.21 bits per heavy atom. The quantitative estimate of drug-likeness (QED) is 0.937. The molecule has 3 rings (SSSR count). The normalized spacial score (nSPS) is 15.9. The first-order valence-electron chi connectivity index (χ1n) is 6.71. The average molecular weight is 296 g/mol. The fourth-order valence-electron chi connectivity index (χ4n) is 2.86. The van der Waals surface area contributed by atoms with Gasteiger partial charge in [-0.2, -0.15) is 0 Å². The van der Waals surface area contributed by atoms with Gasteiger partial charge in [-0.05, 0) is 49.6 Å². The highest BCUT2D eigenvalue weighted by Gasteiger charge is 2.21. The molecule has 0 saturated carbocycles. The average Bonchev–Trinajstić information content (AvgIpc) is 2.62. The minimum atomic E-state index is 0.261. The number of nitrogens with zero attached hydrogens (tertiary/aromatic N) is 1. The summed E-state index contributed by atoms with van der Waals surface area (Å²) in [5.41, 5.74) is 2.75. The van der Waals surface area contributed by atoms with Gasteiger partial charge in [0.15, 0.2) is 0 Å². The number of aliphatic hydroxyl groups is 1. The Labute approximate surface area is 122 Å². The highest BCUT2D eigenvalue weighted by molar-refractivity contribution is 7.19. The summed E-state index contributed by atoms with van der Waals surface area (Å²) >= 11 is 8.26. The fraction of sp³-hybridized carbons (Fsp3) is 0.467. The SMILES string of the molecule is CN1CCc2c(Cl)ccc3sc(CCCO)c(c23)C1. The molecule has 0 radical (unpaired) electrons. The number of aryl methyl sites for hydroxylation is 1. The highest BCUT2D eigenvalue weighted by Crippen LogP contribution is 2.39. The van der Waals surface area contributed by atoms with Gasteiger partial charge < -0.3 is 10.0 Å². The Balaban J connectivity index is 2.18. The van der Waals surface area contributed by atoms with Crippen molar-refractivity contribution in [2.24, 2.45) is 0 Å². The third kappa shape index (κ3) is 2.40. The summed E-state index contributed by atoms with van der Waals surface area (Å²) in [6.07, 6.45) is 2.83. The molecule has 1 aromatic heterocycles. The van der Waals surface area contributed by atoms with Crippen molar-refractivity contribution in [1.29, 1.82) is 0 Å². The number of halogens is 1. The second-order valence-corrected chi connectivity index (χ2v) is 6.76. The molecule has 1 N–H and O–H groups in total. The number of thiophene rings is 1. The molecule has 0 aliphatic carbocycles. The molecule has 1 aliphatic rings. The van der Waals surface area contributed by atoms with E-state index in [-0.39, 0.29) is 6.61 Å². The molecule has 0 fully saturated rings. The van der Waals surface area contributed by atoms with Crippen molar-refractivity contribution < 1.29 is 5.11 Å². The number of aliphatic hydroxyl groups excluding tert-OH is 1. The Bertz CT molecular complexity index is 608. The van der Waals surface area contributed by atoms with Crippen LogP contribution in [0.25, 0.3) is 10.1 Å². The smallest absolute Gasteiger partial charge is 0.0445 e. The van der Waals surface area contributed by atoms with E-state index in [1.807, 2.05) is 17.4 Å².